The Morgan fingerprint density at radius 1 is 1.25 bits per heavy atom. The van der Waals surface area contributed by atoms with Gasteiger partial charge in [0.15, 0.2) is 18.2 Å². The van der Waals surface area contributed by atoms with Crippen LogP contribution in [0.4, 0.5) is 8.78 Å². The summed E-state index contributed by atoms with van der Waals surface area (Å²) in [5, 5.41) is 7.25. The van der Waals surface area contributed by atoms with Gasteiger partial charge in [0.2, 0.25) is 5.91 Å². The first-order valence-electron chi connectivity index (χ1n) is 9.96. The topological polar surface area (TPSA) is 89.4 Å². The second-order valence-corrected chi connectivity index (χ2v) is 7.44. The van der Waals surface area contributed by atoms with E-state index in [9.17, 15) is 18.4 Å². The summed E-state index contributed by atoms with van der Waals surface area (Å²) in [4.78, 5) is 31.3. The van der Waals surface area contributed by atoms with Crippen LogP contribution in [0.15, 0.2) is 48.8 Å². The number of pyridine rings is 1. The molecule has 0 fully saturated rings. The summed E-state index contributed by atoms with van der Waals surface area (Å²) in [6, 6.07) is 8.28. The van der Waals surface area contributed by atoms with Gasteiger partial charge in [-0.05, 0) is 24.3 Å². The molecule has 0 saturated carbocycles. The largest absolute Gasteiger partial charge is 0.481 e. The molecule has 10 heteroatoms. The van der Waals surface area contributed by atoms with Crippen LogP contribution in [-0.2, 0) is 29.7 Å². The normalized spacial score (nSPS) is 15.2. The highest BCUT2D eigenvalue weighted by Gasteiger charge is 2.35. The molecule has 0 bridgehead atoms. The lowest BCUT2D eigenvalue weighted by atomic mass is 9.95. The lowest BCUT2D eigenvalue weighted by Crippen LogP contribution is -2.45. The molecule has 8 nitrogen and oxygen atoms in total. The lowest BCUT2D eigenvalue weighted by Gasteiger charge is -2.31. The standard InChI is InChI=1S/C22H21F2N5O3/c1-28-10-14-11-29(20(30)13-32-19-6-5-15(23)8-18(19)24)12-17(21(14)27-28)22(31)26-9-16-4-2-3-7-25-16/h2-8,10,17H,9,11-13H2,1H3,(H,26,31). The molecule has 1 unspecified atom stereocenters. The van der Waals surface area contributed by atoms with Crippen molar-refractivity contribution < 1.29 is 23.1 Å². The number of carbonyl (C=O) groups is 2. The number of rotatable bonds is 6. The highest BCUT2D eigenvalue weighted by Crippen LogP contribution is 2.28. The predicted octanol–water partition coefficient (Wildman–Crippen LogP) is 1.91. The van der Waals surface area contributed by atoms with Gasteiger partial charge in [0.1, 0.15) is 5.82 Å². The van der Waals surface area contributed by atoms with Crippen LogP contribution in [0.5, 0.6) is 5.75 Å². The van der Waals surface area contributed by atoms with Crippen LogP contribution >= 0.6 is 0 Å². The highest BCUT2D eigenvalue weighted by molar-refractivity contribution is 5.86. The number of aromatic nitrogens is 3. The maximum atomic E-state index is 13.8. The van der Waals surface area contributed by atoms with Crippen molar-refractivity contribution in [2.24, 2.45) is 7.05 Å². The molecule has 1 aliphatic heterocycles. The zero-order chi connectivity index (χ0) is 22.7. The molecule has 166 valence electrons. The molecule has 0 aliphatic carbocycles. The first-order valence-corrected chi connectivity index (χ1v) is 9.96. The first-order chi connectivity index (χ1) is 15.4. The Hall–Kier alpha value is -3.82. The van der Waals surface area contributed by atoms with Crippen molar-refractivity contribution in [1.82, 2.24) is 25.0 Å². The Morgan fingerprint density at radius 3 is 2.84 bits per heavy atom. The number of aryl methyl sites for hydroxylation is 1. The van der Waals surface area contributed by atoms with Gasteiger partial charge >= 0.3 is 0 Å². The Morgan fingerprint density at radius 2 is 2.09 bits per heavy atom. The monoisotopic (exact) mass is 441 g/mol. The van der Waals surface area contributed by atoms with Gasteiger partial charge in [-0.3, -0.25) is 19.3 Å². The van der Waals surface area contributed by atoms with E-state index in [1.165, 1.54) is 4.90 Å². The fraction of sp³-hybridized carbons (Fsp3) is 0.273. The molecule has 1 aromatic carbocycles. The van der Waals surface area contributed by atoms with Crippen molar-refractivity contribution in [1.29, 1.82) is 0 Å². The van der Waals surface area contributed by atoms with E-state index in [4.69, 9.17) is 4.74 Å². The third-order valence-corrected chi connectivity index (χ3v) is 5.12. The van der Waals surface area contributed by atoms with Crippen LogP contribution in [0.1, 0.15) is 22.9 Å². The maximum absolute atomic E-state index is 13.8. The van der Waals surface area contributed by atoms with Crippen molar-refractivity contribution in [3.05, 3.63) is 77.4 Å². The molecular formula is C22H21F2N5O3. The van der Waals surface area contributed by atoms with E-state index in [0.29, 0.717) is 17.5 Å². The fourth-order valence-corrected chi connectivity index (χ4v) is 3.57. The Bertz CT molecular complexity index is 1140. The van der Waals surface area contributed by atoms with Gasteiger partial charge in [-0.1, -0.05) is 6.07 Å². The minimum absolute atomic E-state index is 0.103. The highest BCUT2D eigenvalue weighted by atomic mass is 19.1. The van der Waals surface area contributed by atoms with Gasteiger partial charge < -0.3 is 15.0 Å². The second-order valence-electron chi connectivity index (χ2n) is 7.44. The van der Waals surface area contributed by atoms with Gasteiger partial charge in [0.05, 0.1) is 23.9 Å². The minimum Gasteiger partial charge on any atom is -0.481 e. The molecular weight excluding hydrogens is 420 g/mol. The quantitative estimate of drug-likeness (QED) is 0.631. The predicted molar refractivity (Wildman–Crippen MR) is 109 cm³/mol. The molecule has 4 rings (SSSR count). The number of halogens is 2. The zero-order valence-electron chi connectivity index (χ0n) is 17.3. The van der Waals surface area contributed by atoms with Crippen LogP contribution < -0.4 is 10.1 Å². The molecule has 2 aromatic heterocycles. The van der Waals surface area contributed by atoms with Gasteiger partial charge in [-0.15, -0.1) is 0 Å². The van der Waals surface area contributed by atoms with E-state index in [-0.39, 0.29) is 31.3 Å². The third-order valence-electron chi connectivity index (χ3n) is 5.12. The van der Waals surface area contributed by atoms with E-state index in [1.807, 2.05) is 6.07 Å². The van der Waals surface area contributed by atoms with Gasteiger partial charge in [0.25, 0.3) is 5.91 Å². The number of nitrogens with one attached hydrogen (secondary N) is 1. The smallest absolute Gasteiger partial charge is 0.260 e. The summed E-state index contributed by atoms with van der Waals surface area (Å²) < 4.78 is 33.7. The molecule has 2 amide bonds. The molecule has 0 saturated heterocycles. The zero-order valence-corrected chi connectivity index (χ0v) is 17.3. The summed E-state index contributed by atoms with van der Waals surface area (Å²) in [5.74, 6) is -3.22. The van der Waals surface area contributed by atoms with Crippen LogP contribution in [-0.4, -0.2) is 44.6 Å². The lowest BCUT2D eigenvalue weighted by molar-refractivity contribution is -0.135. The summed E-state index contributed by atoms with van der Waals surface area (Å²) in [6.07, 6.45) is 3.40. The van der Waals surface area contributed by atoms with E-state index < -0.39 is 30.1 Å². The number of benzene rings is 1. The van der Waals surface area contributed by atoms with Crippen LogP contribution in [0, 0.1) is 11.6 Å². The van der Waals surface area contributed by atoms with Crippen LogP contribution in [0.3, 0.4) is 0 Å². The minimum atomic E-state index is -0.891. The summed E-state index contributed by atoms with van der Waals surface area (Å²) in [5.41, 5.74) is 2.07. The van der Waals surface area contributed by atoms with Crippen LogP contribution in [0.25, 0.3) is 0 Å². The van der Waals surface area contributed by atoms with Gasteiger partial charge in [0, 0.05) is 44.2 Å². The molecule has 1 atom stereocenters. The van der Waals surface area contributed by atoms with Gasteiger partial charge in [-0.2, -0.15) is 5.10 Å². The van der Waals surface area contributed by atoms with Gasteiger partial charge in [-0.25, -0.2) is 8.78 Å². The molecule has 1 N–H and O–H groups in total. The first kappa shape index (κ1) is 21.4. The molecule has 0 spiro atoms. The van der Waals surface area contributed by atoms with Crippen LogP contribution in [0.2, 0.25) is 0 Å². The number of carbonyl (C=O) groups excluding carboxylic acids is 2. The summed E-state index contributed by atoms with van der Waals surface area (Å²) in [6.45, 7) is 0.160. The average Bonchev–Trinajstić information content (AvgIpc) is 3.16. The number of ether oxygens (including phenoxy) is 1. The van der Waals surface area contributed by atoms with E-state index in [0.717, 1.165) is 17.7 Å². The number of fused-ring (bicyclic) bond motifs is 1. The number of hydrogen-bond acceptors (Lipinski definition) is 5. The SMILES string of the molecule is Cn1cc2c(n1)C(C(=O)NCc1ccccn1)CN(C(=O)COc1ccc(F)cc1F)C2. The average molecular weight is 441 g/mol. The Labute approximate surface area is 182 Å². The summed E-state index contributed by atoms with van der Waals surface area (Å²) >= 11 is 0. The van der Waals surface area contributed by atoms with Crippen molar-refractivity contribution in [3.63, 3.8) is 0 Å². The Balaban J connectivity index is 1.44. The maximum Gasteiger partial charge on any atom is 0.260 e. The summed E-state index contributed by atoms with van der Waals surface area (Å²) in [7, 11) is 1.74. The van der Waals surface area contributed by atoms with E-state index in [2.05, 4.69) is 15.4 Å². The van der Waals surface area contributed by atoms with Crippen molar-refractivity contribution in [2.45, 2.75) is 19.0 Å². The molecule has 1 aliphatic rings. The second kappa shape index (κ2) is 9.13. The molecule has 3 heterocycles. The van der Waals surface area contributed by atoms with E-state index >= 15 is 0 Å². The Kier molecular flexibility index (Phi) is 6.11. The van der Waals surface area contributed by atoms with Crippen molar-refractivity contribution in [3.8, 4) is 5.75 Å². The number of hydrogen-bond donors (Lipinski definition) is 1. The third kappa shape index (κ3) is 4.74. The van der Waals surface area contributed by atoms with E-state index in [1.54, 1.807) is 36.3 Å². The number of amides is 2. The van der Waals surface area contributed by atoms with Crippen molar-refractivity contribution in [2.75, 3.05) is 13.2 Å². The molecule has 0 radical (unpaired) electrons. The fourth-order valence-electron chi connectivity index (χ4n) is 3.57. The number of nitrogens with zero attached hydrogens (tertiary/aromatic N) is 4. The van der Waals surface area contributed by atoms with Crippen molar-refractivity contribution >= 4 is 11.8 Å². The molecule has 32 heavy (non-hydrogen) atoms. The molecule has 3 aromatic rings.